The first kappa shape index (κ1) is 15.8. The topological polar surface area (TPSA) is 21.3 Å². The van der Waals surface area contributed by atoms with Crippen LogP contribution in [0.2, 0.25) is 0 Å². The van der Waals surface area contributed by atoms with Crippen molar-refractivity contribution in [1.29, 1.82) is 0 Å². The largest absolute Gasteiger partial charge is 0.494 e. The third-order valence-electron chi connectivity index (χ3n) is 2.98. The zero-order valence-corrected chi connectivity index (χ0v) is 12.5. The Kier molecular flexibility index (Phi) is 7.99. The molecule has 0 amide bonds. The van der Waals surface area contributed by atoms with E-state index in [9.17, 15) is 0 Å². The highest BCUT2D eigenvalue weighted by Crippen LogP contribution is 2.18. The van der Waals surface area contributed by atoms with Crippen molar-refractivity contribution < 1.29 is 4.74 Å². The Balaban J connectivity index is 2.43. The maximum Gasteiger partial charge on any atom is 0.119 e. The van der Waals surface area contributed by atoms with Gasteiger partial charge in [0.15, 0.2) is 0 Å². The van der Waals surface area contributed by atoms with Gasteiger partial charge in [-0.1, -0.05) is 32.1 Å². The molecule has 0 heterocycles. The molecule has 0 aliphatic rings. The molecule has 2 heteroatoms. The van der Waals surface area contributed by atoms with Crippen molar-refractivity contribution in [3.8, 4) is 5.75 Å². The second-order valence-corrected chi connectivity index (χ2v) is 4.80. The maximum atomic E-state index is 5.59. The van der Waals surface area contributed by atoms with Gasteiger partial charge in [0.05, 0.1) is 6.61 Å². The highest BCUT2D eigenvalue weighted by Gasteiger charge is 1.97. The summed E-state index contributed by atoms with van der Waals surface area (Å²) in [5.74, 6) is 0.961. The molecule has 19 heavy (non-hydrogen) atoms. The van der Waals surface area contributed by atoms with Gasteiger partial charge in [0.2, 0.25) is 0 Å². The summed E-state index contributed by atoms with van der Waals surface area (Å²) >= 11 is 0. The lowest BCUT2D eigenvalue weighted by Crippen LogP contribution is -2.15. The first-order valence-corrected chi connectivity index (χ1v) is 7.38. The lowest BCUT2D eigenvalue weighted by molar-refractivity contribution is 0.317. The van der Waals surface area contributed by atoms with E-state index in [1.165, 1.54) is 17.6 Å². The van der Waals surface area contributed by atoms with Crippen LogP contribution in [0.1, 0.15) is 45.6 Å². The van der Waals surface area contributed by atoms with E-state index >= 15 is 0 Å². The highest BCUT2D eigenvalue weighted by atomic mass is 16.5. The highest BCUT2D eigenvalue weighted by molar-refractivity contribution is 5.64. The Morgan fingerprint density at radius 2 is 1.84 bits per heavy atom. The van der Waals surface area contributed by atoms with Crippen LogP contribution < -0.4 is 10.1 Å². The summed E-state index contributed by atoms with van der Waals surface area (Å²) in [6.07, 6.45) is 5.62. The quantitative estimate of drug-likeness (QED) is 0.670. The second kappa shape index (κ2) is 9.62. The summed E-state index contributed by atoms with van der Waals surface area (Å²) in [4.78, 5) is 0. The summed E-state index contributed by atoms with van der Waals surface area (Å²) < 4.78 is 5.59. The van der Waals surface area contributed by atoms with Crippen LogP contribution in [0.4, 0.5) is 0 Å². The van der Waals surface area contributed by atoms with Crippen LogP contribution in [-0.2, 0) is 0 Å². The lowest BCUT2D eigenvalue weighted by Gasteiger charge is -2.06. The normalized spacial score (nSPS) is 11.6. The third-order valence-corrected chi connectivity index (χ3v) is 2.98. The molecule has 0 aliphatic heterocycles. The van der Waals surface area contributed by atoms with Gasteiger partial charge in [-0.15, -0.1) is 0 Å². The second-order valence-electron chi connectivity index (χ2n) is 4.80. The Morgan fingerprint density at radius 1 is 1.11 bits per heavy atom. The van der Waals surface area contributed by atoms with Gasteiger partial charge in [-0.2, -0.15) is 0 Å². The lowest BCUT2D eigenvalue weighted by atomic mass is 10.1. The van der Waals surface area contributed by atoms with E-state index in [2.05, 4.69) is 56.4 Å². The van der Waals surface area contributed by atoms with Crippen LogP contribution in [0.5, 0.6) is 5.75 Å². The molecular weight excluding hydrogens is 234 g/mol. The molecule has 0 radical (unpaired) electrons. The summed E-state index contributed by atoms with van der Waals surface area (Å²) in [5, 5.41) is 3.41. The van der Waals surface area contributed by atoms with Crippen molar-refractivity contribution in [3.05, 3.63) is 35.9 Å². The molecule has 1 aromatic carbocycles. The summed E-state index contributed by atoms with van der Waals surface area (Å²) in [6, 6.07) is 8.38. The van der Waals surface area contributed by atoms with Gasteiger partial charge in [0.1, 0.15) is 5.75 Å². The predicted molar refractivity (Wildman–Crippen MR) is 83.7 cm³/mol. The minimum Gasteiger partial charge on any atom is -0.494 e. The number of hydrogen-bond donors (Lipinski definition) is 1. The number of rotatable bonds is 9. The number of benzene rings is 1. The van der Waals surface area contributed by atoms with E-state index in [1.54, 1.807) is 0 Å². The minimum atomic E-state index is 0.789. The molecule has 0 aromatic heterocycles. The molecule has 1 aromatic rings. The monoisotopic (exact) mass is 261 g/mol. The van der Waals surface area contributed by atoms with Crippen molar-refractivity contribution >= 4 is 5.57 Å². The van der Waals surface area contributed by atoms with Gasteiger partial charge in [-0.25, -0.2) is 0 Å². The van der Waals surface area contributed by atoms with Crippen LogP contribution in [0.25, 0.3) is 5.57 Å². The van der Waals surface area contributed by atoms with Gasteiger partial charge in [0, 0.05) is 0 Å². The maximum absolute atomic E-state index is 5.59. The summed E-state index contributed by atoms with van der Waals surface area (Å²) in [7, 11) is 0. The van der Waals surface area contributed by atoms with Crippen molar-refractivity contribution in [2.75, 3.05) is 19.7 Å². The molecule has 2 nitrogen and oxygen atoms in total. The smallest absolute Gasteiger partial charge is 0.119 e. The SMILES string of the molecule is CCCNCCC=C(C)c1ccc(OCCC)cc1. The summed E-state index contributed by atoms with van der Waals surface area (Å²) in [6.45, 7) is 9.43. The van der Waals surface area contributed by atoms with E-state index < -0.39 is 0 Å². The van der Waals surface area contributed by atoms with Crippen LogP contribution >= 0.6 is 0 Å². The first-order chi connectivity index (χ1) is 9.27. The Morgan fingerprint density at radius 3 is 2.47 bits per heavy atom. The molecule has 0 spiro atoms. The van der Waals surface area contributed by atoms with Crippen LogP contribution in [0.3, 0.4) is 0 Å². The summed E-state index contributed by atoms with van der Waals surface area (Å²) in [5.41, 5.74) is 2.61. The standard InChI is InChI=1S/C17H27NO/c1-4-12-18-13-6-7-15(3)16-8-10-17(11-9-16)19-14-5-2/h7-11,18H,4-6,12-14H2,1-3H3. The minimum absolute atomic E-state index is 0.789. The molecule has 0 saturated carbocycles. The third kappa shape index (κ3) is 6.44. The molecule has 1 N–H and O–H groups in total. The zero-order chi connectivity index (χ0) is 13.9. The van der Waals surface area contributed by atoms with E-state index in [0.717, 1.165) is 38.3 Å². The van der Waals surface area contributed by atoms with Gasteiger partial charge in [-0.05, 0) is 62.5 Å². The van der Waals surface area contributed by atoms with Gasteiger partial charge >= 0.3 is 0 Å². The van der Waals surface area contributed by atoms with Crippen molar-refractivity contribution in [1.82, 2.24) is 5.32 Å². The van der Waals surface area contributed by atoms with Crippen LogP contribution in [0, 0.1) is 0 Å². The van der Waals surface area contributed by atoms with Crippen molar-refractivity contribution in [3.63, 3.8) is 0 Å². The van der Waals surface area contributed by atoms with Crippen molar-refractivity contribution in [2.45, 2.75) is 40.0 Å². The van der Waals surface area contributed by atoms with Gasteiger partial charge < -0.3 is 10.1 Å². The molecule has 106 valence electrons. The van der Waals surface area contributed by atoms with Gasteiger partial charge in [-0.3, -0.25) is 0 Å². The Hall–Kier alpha value is -1.28. The molecule has 0 fully saturated rings. The number of allylic oxidation sites excluding steroid dienone is 1. The number of hydrogen-bond acceptors (Lipinski definition) is 2. The van der Waals surface area contributed by atoms with Gasteiger partial charge in [0.25, 0.3) is 0 Å². The molecule has 0 unspecified atom stereocenters. The van der Waals surface area contributed by atoms with Crippen LogP contribution in [0.15, 0.2) is 30.3 Å². The molecule has 1 rings (SSSR count). The van der Waals surface area contributed by atoms with E-state index in [4.69, 9.17) is 4.74 Å². The Labute approximate surface area is 117 Å². The fourth-order valence-electron chi connectivity index (χ4n) is 1.84. The Bertz CT molecular complexity index is 367. The van der Waals surface area contributed by atoms with E-state index in [1.807, 2.05) is 0 Å². The number of nitrogens with one attached hydrogen (secondary N) is 1. The molecule has 0 saturated heterocycles. The molecule has 0 bridgehead atoms. The molecular formula is C17H27NO. The fraction of sp³-hybridized carbons (Fsp3) is 0.529. The van der Waals surface area contributed by atoms with Crippen LogP contribution in [-0.4, -0.2) is 19.7 Å². The molecule has 0 aliphatic carbocycles. The average Bonchev–Trinajstić information content (AvgIpc) is 2.45. The van der Waals surface area contributed by atoms with Crippen molar-refractivity contribution in [2.24, 2.45) is 0 Å². The first-order valence-electron chi connectivity index (χ1n) is 7.38. The zero-order valence-electron chi connectivity index (χ0n) is 12.5. The predicted octanol–water partition coefficient (Wildman–Crippen LogP) is 4.27. The van der Waals surface area contributed by atoms with E-state index in [0.29, 0.717) is 0 Å². The van der Waals surface area contributed by atoms with E-state index in [-0.39, 0.29) is 0 Å². The number of ether oxygens (including phenoxy) is 1. The molecule has 0 atom stereocenters. The average molecular weight is 261 g/mol. The fourth-order valence-corrected chi connectivity index (χ4v) is 1.84.